The molecule has 9 heteroatoms. The number of aromatic nitrogens is 2. The molecule has 2 saturated heterocycles. The summed E-state index contributed by atoms with van der Waals surface area (Å²) in [5.74, 6) is 0.725. The van der Waals surface area contributed by atoms with Gasteiger partial charge in [0.05, 0.1) is 29.3 Å². The second-order valence-electron chi connectivity index (χ2n) is 8.07. The Hall–Kier alpha value is -3.26. The molecule has 3 aromatic rings. The van der Waals surface area contributed by atoms with E-state index in [1.165, 1.54) is 0 Å². The van der Waals surface area contributed by atoms with Crippen LogP contribution in [0.15, 0.2) is 42.5 Å². The number of piperazine rings is 1. The molecule has 1 atom stereocenters. The number of hydrogen-bond donors (Lipinski definition) is 1. The average molecular weight is 454 g/mol. The molecule has 1 unspecified atom stereocenters. The van der Waals surface area contributed by atoms with Gasteiger partial charge in [0.25, 0.3) is 0 Å². The number of carbonyl (C=O) groups is 2. The van der Waals surface area contributed by atoms with Crippen molar-refractivity contribution < 1.29 is 14.3 Å². The number of ether oxygens (including phenoxy) is 1. The predicted molar refractivity (Wildman–Crippen MR) is 123 cm³/mol. The van der Waals surface area contributed by atoms with Crippen molar-refractivity contribution in [2.75, 3.05) is 43.1 Å². The summed E-state index contributed by atoms with van der Waals surface area (Å²) >= 11 is 6.78. The fourth-order valence-corrected chi connectivity index (χ4v) is 4.91. The van der Waals surface area contributed by atoms with E-state index in [4.69, 9.17) is 16.3 Å². The Bertz CT molecular complexity index is 1190. The first-order valence-electron chi connectivity index (χ1n) is 10.7. The number of piperidine rings is 1. The van der Waals surface area contributed by atoms with Crippen LogP contribution in [0.1, 0.15) is 24.3 Å². The SMILES string of the molecule is COc1cc2cccc(N3CCN(c4cccc(C5CCC(=O)NC5=O)c4Cl)CC3)n2n1. The number of fused-ring (bicyclic) bond motifs is 1. The lowest BCUT2D eigenvalue weighted by atomic mass is 9.90. The number of anilines is 2. The fraction of sp³-hybridized carbons (Fsp3) is 0.348. The Balaban J connectivity index is 1.34. The van der Waals surface area contributed by atoms with Crippen LogP contribution in [0, 0.1) is 0 Å². The van der Waals surface area contributed by atoms with Crippen LogP contribution in [0.3, 0.4) is 0 Å². The van der Waals surface area contributed by atoms with E-state index in [0.29, 0.717) is 23.7 Å². The van der Waals surface area contributed by atoms with Gasteiger partial charge in [-0.3, -0.25) is 14.9 Å². The van der Waals surface area contributed by atoms with Crippen LogP contribution in [0.4, 0.5) is 11.5 Å². The molecule has 2 aromatic heterocycles. The number of carbonyl (C=O) groups excluding carboxylic acids is 2. The molecule has 2 aliphatic heterocycles. The van der Waals surface area contributed by atoms with E-state index in [1.807, 2.05) is 40.9 Å². The summed E-state index contributed by atoms with van der Waals surface area (Å²) in [6.45, 7) is 3.18. The maximum Gasteiger partial charge on any atom is 0.234 e. The van der Waals surface area contributed by atoms with Crippen LogP contribution >= 0.6 is 11.6 Å². The van der Waals surface area contributed by atoms with Gasteiger partial charge in [-0.1, -0.05) is 29.8 Å². The van der Waals surface area contributed by atoms with E-state index in [-0.39, 0.29) is 11.8 Å². The standard InChI is InChI=1S/C23H24ClN5O3/c1-32-20-14-15-4-2-7-21(29(15)26-20)28-12-10-27(11-13-28)18-6-3-5-16(22(18)24)17-8-9-19(30)25-23(17)31/h2-7,14,17H,8-13H2,1H3,(H,25,30,31). The molecule has 2 aliphatic rings. The van der Waals surface area contributed by atoms with E-state index < -0.39 is 5.92 Å². The van der Waals surface area contributed by atoms with Crippen molar-refractivity contribution >= 4 is 40.4 Å². The summed E-state index contributed by atoms with van der Waals surface area (Å²) in [5, 5.41) is 7.55. The molecule has 0 aliphatic carbocycles. The lowest BCUT2D eigenvalue weighted by Crippen LogP contribution is -2.47. The van der Waals surface area contributed by atoms with E-state index >= 15 is 0 Å². The number of benzene rings is 1. The summed E-state index contributed by atoms with van der Waals surface area (Å²) in [5.41, 5.74) is 2.69. The molecular formula is C23H24ClN5O3. The normalized spacial score (nSPS) is 19.4. The highest BCUT2D eigenvalue weighted by Crippen LogP contribution is 2.37. The van der Waals surface area contributed by atoms with E-state index in [1.54, 1.807) is 7.11 Å². The first-order valence-corrected chi connectivity index (χ1v) is 11.1. The predicted octanol–water partition coefficient (Wildman–Crippen LogP) is 2.84. The molecule has 4 heterocycles. The molecule has 0 saturated carbocycles. The monoisotopic (exact) mass is 453 g/mol. The molecule has 0 radical (unpaired) electrons. The van der Waals surface area contributed by atoms with Gasteiger partial charge >= 0.3 is 0 Å². The molecule has 32 heavy (non-hydrogen) atoms. The Morgan fingerprint density at radius 2 is 1.81 bits per heavy atom. The lowest BCUT2D eigenvalue weighted by molar-refractivity contribution is -0.134. The molecule has 166 valence electrons. The number of imide groups is 1. The number of methoxy groups -OCH3 is 1. The van der Waals surface area contributed by atoms with E-state index in [9.17, 15) is 9.59 Å². The van der Waals surface area contributed by atoms with Crippen molar-refractivity contribution in [3.63, 3.8) is 0 Å². The molecule has 5 rings (SSSR count). The molecule has 0 bridgehead atoms. The lowest BCUT2D eigenvalue weighted by Gasteiger charge is -2.38. The molecule has 8 nitrogen and oxygen atoms in total. The van der Waals surface area contributed by atoms with Gasteiger partial charge in [-0.2, -0.15) is 0 Å². The molecule has 2 amide bonds. The topological polar surface area (TPSA) is 79.2 Å². The van der Waals surface area contributed by atoms with Gasteiger partial charge in [0.1, 0.15) is 5.82 Å². The van der Waals surface area contributed by atoms with Crippen LogP contribution in [0.5, 0.6) is 5.88 Å². The second kappa shape index (κ2) is 8.35. The summed E-state index contributed by atoms with van der Waals surface area (Å²) in [6.07, 6.45) is 0.818. The number of nitrogens with one attached hydrogen (secondary N) is 1. The van der Waals surface area contributed by atoms with Gasteiger partial charge in [-0.25, -0.2) is 4.52 Å². The summed E-state index contributed by atoms with van der Waals surface area (Å²) in [7, 11) is 1.62. The Morgan fingerprint density at radius 1 is 1.06 bits per heavy atom. The Kier molecular flexibility index (Phi) is 5.38. The maximum absolute atomic E-state index is 12.3. The van der Waals surface area contributed by atoms with Gasteiger partial charge in [0.15, 0.2) is 0 Å². The Labute approximate surface area is 190 Å². The van der Waals surface area contributed by atoms with Crippen LogP contribution < -0.4 is 19.9 Å². The smallest absolute Gasteiger partial charge is 0.234 e. The summed E-state index contributed by atoms with van der Waals surface area (Å²) in [6, 6.07) is 13.8. The van der Waals surface area contributed by atoms with Crippen molar-refractivity contribution in [1.82, 2.24) is 14.9 Å². The third-order valence-electron chi connectivity index (χ3n) is 6.22. The van der Waals surface area contributed by atoms with Crippen LogP contribution in [0.25, 0.3) is 5.52 Å². The number of amides is 2. The highest BCUT2D eigenvalue weighted by molar-refractivity contribution is 6.34. The fourth-order valence-electron chi connectivity index (χ4n) is 4.53. The number of nitrogens with zero attached hydrogens (tertiary/aromatic N) is 4. The maximum atomic E-state index is 12.3. The zero-order chi connectivity index (χ0) is 22.2. The largest absolute Gasteiger partial charge is 0.480 e. The third kappa shape index (κ3) is 3.64. The minimum atomic E-state index is -0.395. The summed E-state index contributed by atoms with van der Waals surface area (Å²) in [4.78, 5) is 28.4. The highest BCUT2D eigenvalue weighted by Gasteiger charge is 2.31. The Morgan fingerprint density at radius 3 is 2.56 bits per heavy atom. The van der Waals surface area contributed by atoms with Gasteiger partial charge in [-0.05, 0) is 30.2 Å². The second-order valence-corrected chi connectivity index (χ2v) is 8.44. The van der Waals surface area contributed by atoms with Crippen LogP contribution in [-0.4, -0.2) is 54.7 Å². The minimum Gasteiger partial charge on any atom is -0.480 e. The molecule has 2 fully saturated rings. The van der Waals surface area contributed by atoms with Crippen molar-refractivity contribution in [3.05, 3.63) is 53.1 Å². The molecular weight excluding hydrogens is 430 g/mol. The number of halogens is 1. The van der Waals surface area contributed by atoms with Gasteiger partial charge in [-0.15, -0.1) is 5.10 Å². The van der Waals surface area contributed by atoms with Gasteiger partial charge in [0.2, 0.25) is 17.7 Å². The molecule has 0 spiro atoms. The third-order valence-corrected chi connectivity index (χ3v) is 6.63. The van der Waals surface area contributed by atoms with Crippen LogP contribution in [-0.2, 0) is 9.59 Å². The van der Waals surface area contributed by atoms with Crippen molar-refractivity contribution in [2.24, 2.45) is 0 Å². The van der Waals surface area contributed by atoms with Crippen LogP contribution in [0.2, 0.25) is 5.02 Å². The molecule has 1 N–H and O–H groups in total. The number of rotatable bonds is 4. The van der Waals surface area contributed by atoms with Crippen molar-refractivity contribution in [2.45, 2.75) is 18.8 Å². The van der Waals surface area contributed by atoms with Crippen molar-refractivity contribution in [3.8, 4) is 5.88 Å². The minimum absolute atomic E-state index is 0.223. The average Bonchev–Trinajstić information content (AvgIpc) is 3.24. The van der Waals surface area contributed by atoms with E-state index in [0.717, 1.165) is 48.8 Å². The summed E-state index contributed by atoms with van der Waals surface area (Å²) < 4.78 is 7.19. The van der Waals surface area contributed by atoms with Gasteiger partial charge in [0, 0.05) is 38.7 Å². The quantitative estimate of drug-likeness (QED) is 0.612. The first kappa shape index (κ1) is 20.6. The zero-order valence-corrected chi connectivity index (χ0v) is 18.5. The number of pyridine rings is 1. The van der Waals surface area contributed by atoms with Crippen molar-refractivity contribution in [1.29, 1.82) is 0 Å². The highest BCUT2D eigenvalue weighted by atomic mass is 35.5. The zero-order valence-electron chi connectivity index (χ0n) is 17.8. The first-order chi connectivity index (χ1) is 15.5. The van der Waals surface area contributed by atoms with Gasteiger partial charge < -0.3 is 14.5 Å². The van der Waals surface area contributed by atoms with E-state index in [2.05, 4.69) is 26.3 Å². The molecule has 1 aromatic carbocycles. The number of hydrogen-bond acceptors (Lipinski definition) is 6.